The molecule has 0 aliphatic rings. The summed E-state index contributed by atoms with van der Waals surface area (Å²) in [7, 11) is 1.80. The first-order valence-electron chi connectivity index (χ1n) is 7.72. The molecule has 2 nitrogen and oxygen atoms in total. The highest BCUT2D eigenvalue weighted by atomic mass is 16.5. The fraction of sp³-hybridized carbons (Fsp3) is 0.667. The summed E-state index contributed by atoms with van der Waals surface area (Å²) < 4.78 is 5.53. The first-order valence-corrected chi connectivity index (χ1v) is 7.72. The van der Waals surface area contributed by atoms with Crippen LogP contribution in [0.1, 0.15) is 50.3 Å². The lowest BCUT2D eigenvalue weighted by atomic mass is 9.93. The number of methoxy groups -OCH3 is 1. The van der Waals surface area contributed by atoms with Gasteiger partial charge in [-0.2, -0.15) is 0 Å². The topological polar surface area (TPSA) is 21.3 Å². The Labute approximate surface area is 124 Å². The van der Waals surface area contributed by atoms with Crippen LogP contribution in [0.4, 0.5) is 0 Å². The van der Waals surface area contributed by atoms with E-state index in [0.717, 1.165) is 25.8 Å². The summed E-state index contributed by atoms with van der Waals surface area (Å²) in [4.78, 5) is 0. The van der Waals surface area contributed by atoms with Crippen molar-refractivity contribution >= 4 is 0 Å². The van der Waals surface area contributed by atoms with E-state index in [4.69, 9.17) is 4.74 Å². The molecular formula is C18H31NO. The van der Waals surface area contributed by atoms with Crippen molar-refractivity contribution < 1.29 is 4.74 Å². The minimum absolute atomic E-state index is 0.0324. The van der Waals surface area contributed by atoms with E-state index in [0.29, 0.717) is 6.04 Å². The molecular weight excluding hydrogens is 246 g/mol. The summed E-state index contributed by atoms with van der Waals surface area (Å²) in [5, 5.41) is 3.62. The number of nitrogens with one attached hydrogen (secondary N) is 1. The van der Waals surface area contributed by atoms with Gasteiger partial charge >= 0.3 is 0 Å². The van der Waals surface area contributed by atoms with Crippen molar-refractivity contribution in [1.82, 2.24) is 5.32 Å². The molecule has 20 heavy (non-hydrogen) atoms. The fourth-order valence-electron chi connectivity index (χ4n) is 2.47. The lowest BCUT2D eigenvalue weighted by Crippen LogP contribution is -2.34. The van der Waals surface area contributed by atoms with Gasteiger partial charge in [-0.3, -0.25) is 0 Å². The zero-order valence-electron chi connectivity index (χ0n) is 14.0. The molecule has 1 aromatic carbocycles. The standard InChI is InChI=1S/C18H31NO/c1-7-19-17(10-11-18(4,5)20-6)13-16-12-14(2)8-9-15(16)3/h8-9,12,17,19H,7,10-11,13H2,1-6H3. The molecule has 1 rings (SSSR count). The Hall–Kier alpha value is -0.860. The van der Waals surface area contributed by atoms with Crippen molar-refractivity contribution in [2.75, 3.05) is 13.7 Å². The SMILES string of the molecule is CCNC(CCC(C)(C)OC)Cc1cc(C)ccc1C. The van der Waals surface area contributed by atoms with Gasteiger partial charge in [0.15, 0.2) is 0 Å². The van der Waals surface area contributed by atoms with Crippen molar-refractivity contribution in [1.29, 1.82) is 0 Å². The number of rotatable bonds is 8. The van der Waals surface area contributed by atoms with Crippen LogP contribution in [0.2, 0.25) is 0 Å². The Morgan fingerprint density at radius 2 is 1.95 bits per heavy atom. The highest BCUT2D eigenvalue weighted by Crippen LogP contribution is 2.20. The van der Waals surface area contributed by atoms with E-state index < -0.39 is 0 Å². The molecule has 0 aliphatic heterocycles. The van der Waals surface area contributed by atoms with E-state index in [-0.39, 0.29) is 5.60 Å². The predicted octanol–water partition coefficient (Wildman–Crippen LogP) is 4.03. The van der Waals surface area contributed by atoms with E-state index >= 15 is 0 Å². The molecule has 0 heterocycles. The van der Waals surface area contributed by atoms with Crippen LogP contribution in [-0.2, 0) is 11.2 Å². The lowest BCUT2D eigenvalue weighted by molar-refractivity contribution is 0.0117. The lowest BCUT2D eigenvalue weighted by Gasteiger charge is -2.26. The third-order valence-corrected chi connectivity index (χ3v) is 4.11. The summed E-state index contributed by atoms with van der Waals surface area (Å²) in [5.41, 5.74) is 4.17. The molecule has 0 bridgehead atoms. The van der Waals surface area contributed by atoms with Crippen molar-refractivity contribution in [3.8, 4) is 0 Å². The van der Waals surface area contributed by atoms with Crippen molar-refractivity contribution in [2.45, 2.75) is 65.5 Å². The Kier molecular flexibility index (Phi) is 6.70. The van der Waals surface area contributed by atoms with Gasteiger partial charge in [-0.1, -0.05) is 30.7 Å². The highest BCUT2D eigenvalue weighted by molar-refractivity contribution is 5.31. The van der Waals surface area contributed by atoms with Crippen LogP contribution in [0.15, 0.2) is 18.2 Å². The van der Waals surface area contributed by atoms with Gasteiger partial charge in [-0.25, -0.2) is 0 Å². The maximum atomic E-state index is 5.53. The molecule has 0 amide bonds. The van der Waals surface area contributed by atoms with Crippen LogP contribution in [0.3, 0.4) is 0 Å². The van der Waals surface area contributed by atoms with Crippen molar-refractivity contribution in [2.24, 2.45) is 0 Å². The van der Waals surface area contributed by atoms with Gasteiger partial charge in [0.1, 0.15) is 0 Å². The van der Waals surface area contributed by atoms with Crippen molar-refractivity contribution in [3.05, 3.63) is 34.9 Å². The molecule has 0 fully saturated rings. The molecule has 1 N–H and O–H groups in total. The fourth-order valence-corrected chi connectivity index (χ4v) is 2.47. The van der Waals surface area contributed by atoms with Gasteiger partial charge in [0.05, 0.1) is 5.60 Å². The third-order valence-electron chi connectivity index (χ3n) is 4.11. The van der Waals surface area contributed by atoms with Gasteiger partial charge in [-0.05, 0) is 64.6 Å². The van der Waals surface area contributed by atoms with Crippen LogP contribution in [-0.4, -0.2) is 25.3 Å². The number of hydrogen-bond donors (Lipinski definition) is 1. The van der Waals surface area contributed by atoms with E-state index in [9.17, 15) is 0 Å². The van der Waals surface area contributed by atoms with Crippen LogP contribution in [0, 0.1) is 13.8 Å². The normalized spacial score (nSPS) is 13.5. The second kappa shape index (κ2) is 7.80. The van der Waals surface area contributed by atoms with Gasteiger partial charge in [0.25, 0.3) is 0 Å². The summed E-state index contributed by atoms with van der Waals surface area (Å²) >= 11 is 0. The minimum Gasteiger partial charge on any atom is -0.379 e. The largest absolute Gasteiger partial charge is 0.379 e. The Morgan fingerprint density at radius 1 is 1.25 bits per heavy atom. The van der Waals surface area contributed by atoms with E-state index in [2.05, 4.69) is 58.1 Å². The number of likely N-dealkylation sites (N-methyl/N-ethyl adjacent to an activating group) is 1. The molecule has 0 aliphatic carbocycles. The maximum absolute atomic E-state index is 5.53. The molecule has 114 valence electrons. The third kappa shape index (κ3) is 5.64. The minimum atomic E-state index is -0.0324. The molecule has 0 saturated heterocycles. The van der Waals surface area contributed by atoms with Gasteiger partial charge in [-0.15, -0.1) is 0 Å². The molecule has 1 unspecified atom stereocenters. The highest BCUT2D eigenvalue weighted by Gasteiger charge is 2.19. The van der Waals surface area contributed by atoms with Crippen molar-refractivity contribution in [3.63, 3.8) is 0 Å². The summed E-state index contributed by atoms with van der Waals surface area (Å²) in [6.07, 6.45) is 3.31. The Morgan fingerprint density at radius 3 is 2.55 bits per heavy atom. The summed E-state index contributed by atoms with van der Waals surface area (Å²) in [5.74, 6) is 0. The first kappa shape index (κ1) is 17.2. The molecule has 0 saturated carbocycles. The first-order chi connectivity index (χ1) is 9.38. The summed E-state index contributed by atoms with van der Waals surface area (Å²) in [6, 6.07) is 7.26. The zero-order valence-corrected chi connectivity index (χ0v) is 14.0. The second-order valence-corrected chi connectivity index (χ2v) is 6.39. The smallest absolute Gasteiger partial charge is 0.0623 e. The van der Waals surface area contributed by atoms with E-state index in [1.807, 2.05) is 0 Å². The summed E-state index contributed by atoms with van der Waals surface area (Å²) in [6.45, 7) is 11.9. The number of hydrogen-bond acceptors (Lipinski definition) is 2. The van der Waals surface area contributed by atoms with Crippen LogP contribution in [0.5, 0.6) is 0 Å². The van der Waals surface area contributed by atoms with Crippen LogP contribution < -0.4 is 5.32 Å². The number of ether oxygens (including phenoxy) is 1. The van der Waals surface area contributed by atoms with E-state index in [1.165, 1.54) is 16.7 Å². The van der Waals surface area contributed by atoms with Gasteiger partial charge in [0.2, 0.25) is 0 Å². The van der Waals surface area contributed by atoms with E-state index in [1.54, 1.807) is 7.11 Å². The number of benzene rings is 1. The number of aryl methyl sites for hydroxylation is 2. The van der Waals surface area contributed by atoms with Gasteiger partial charge in [0, 0.05) is 13.2 Å². The Balaban J connectivity index is 2.69. The molecule has 2 heteroatoms. The Bertz CT molecular complexity index is 412. The quantitative estimate of drug-likeness (QED) is 0.774. The zero-order chi connectivity index (χ0) is 15.2. The molecule has 0 aromatic heterocycles. The average molecular weight is 277 g/mol. The monoisotopic (exact) mass is 277 g/mol. The molecule has 1 atom stereocenters. The van der Waals surface area contributed by atoms with Crippen LogP contribution in [0.25, 0.3) is 0 Å². The maximum Gasteiger partial charge on any atom is 0.0623 e. The molecule has 0 radical (unpaired) electrons. The average Bonchev–Trinajstić information content (AvgIpc) is 2.40. The van der Waals surface area contributed by atoms with Gasteiger partial charge < -0.3 is 10.1 Å². The predicted molar refractivity (Wildman–Crippen MR) is 87.4 cm³/mol. The second-order valence-electron chi connectivity index (χ2n) is 6.39. The molecule has 0 spiro atoms. The molecule has 1 aromatic rings. The van der Waals surface area contributed by atoms with Crippen LogP contribution >= 0.6 is 0 Å².